The van der Waals surface area contributed by atoms with Crippen LogP contribution in [0.2, 0.25) is 0 Å². The topological polar surface area (TPSA) is 56.1 Å². The van der Waals surface area contributed by atoms with E-state index in [4.69, 9.17) is 14.8 Å². The molecule has 0 radical (unpaired) electrons. The molecule has 0 spiro atoms. The van der Waals surface area contributed by atoms with Crippen molar-refractivity contribution in [1.29, 1.82) is 0 Å². The first-order chi connectivity index (χ1) is 13.6. The Morgan fingerprint density at radius 1 is 1.14 bits per heavy atom. The number of methoxy groups -OCH3 is 1. The number of rotatable bonds is 5. The van der Waals surface area contributed by atoms with Crippen LogP contribution in [0.4, 0.5) is 0 Å². The third-order valence-electron chi connectivity index (χ3n) is 5.39. The number of aromatic nitrogens is 4. The number of benzene rings is 1. The van der Waals surface area contributed by atoms with Gasteiger partial charge in [0.2, 0.25) is 0 Å². The highest BCUT2D eigenvalue weighted by Gasteiger charge is 2.27. The monoisotopic (exact) mass is 377 g/mol. The Hall–Kier alpha value is -2.73. The van der Waals surface area contributed by atoms with Crippen LogP contribution in [0.15, 0.2) is 42.6 Å². The zero-order chi connectivity index (χ0) is 19.5. The molecule has 0 unspecified atom stereocenters. The summed E-state index contributed by atoms with van der Waals surface area (Å²) in [6.45, 7) is 3.10. The molecule has 6 nitrogen and oxygen atoms in total. The van der Waals surface area contributed by atoms with E-state index in [0.717, 1.165) is 41.7 Å². The van der Waals surface area contributed by atoms with Gasteiger partial charge in [-0.2, -0.15) is 5.10 Å². The molecule has 6 heteroatoms. The van der Waals surface area contributed by atoms with Crippen molar-refractivity contribution in [3.63, 3.8) is 0 Å². The second-order valence-corrected chi connectivity index (χ2v) is 7.47. The van der Waals surface area contributed by atoms with Crippen molar-refractivity contribution in [1.82, 2.24) is 24.6 Å². The molecule has 0 aliphatic carbocycles. The zero-order valence-electron chi connectivity index (χ0n) is 16.8. The molecular weight excluding hydrogens is 350 g/mol. The summed E-state index contributed by atoms with van der Waals surface area (Å²) in [5, 5.41) is 4.89. The van der Waals surface area contributed by atoms with Gasteiger partial charge < -0.3 is 4.74 Å². The number of hydrogen-bond donors (Lipinski definition) is 0. The Morgan fingerprint density at radius 3 is 2.68 bits per heavy atom. The molecule has 1 atom stereocenters. The molecule has 1 aliphatic rings. The quantitative estimate of drug-likeness (QED) is 0.678. The van der Waals surface area contributed by atoms with Crippen LogP contribution in [0.3, 0.4) is 0 Å². The average Bonchev–Trinajstić information content (AvgIpc) is 3.12. The summed E-state index contributed by atoms with van der Waals surface area (Å²) in [6, 6.07) is 12.5. The van der Waals surface area contributed by atoms with Crippen LogP contribution < -0.4 is 4.74 Å². The molecule has 0 bridgehead atoms. The lowest BCUT2D eigenvalue weighted by Crippen LogP contribution is -2.31. The largest absolute Gasteiger partial charge is 0.497 e. The Bertz CT molecular complexity index is 934. The third kappa shape index (κ3) is 3.92. The normalized spacial score (nSPS) is 17.6. The van der Waals surface area contributed by atoms with Gasteiger partial charge in [0.15, 0.2) is 5.82 Å². The van der Waals surface area contributed by atoms with E-state index in [-0.39, 0.29) is 0 Å². The summed E-state index contributed by atoms with van der Waals surface area (Å²) in [4.78, 5) is 11.7. The van der Waals surface area contributed by atoms with Crippen molar-refractivity contribution in [3.8, 4) is 11.4 Å². The molecule has 4 rings (SSSR count). The van der Waals surface area contributed by atoms with Gasteiger partial charge in [0.25, 0.3) is 0 Å². The summed E-state index contributed by atoms with van der Waals surface area (Å²) in [6.07, 6.45) is 6.12. The highest BCUT2D eigenvalue weighted by molar-refractivity contribution is 5.33. The fraction of sp³-hybridized carbons (Fsp3) is 0.409. The van der Waals surface area contributed by atoms with E-state index in [9.17, 15) is 0 Å². The lowest BCUT2D eigenvalue weighted by molar-refractivity contribution is 0.177. The maximum atomic E-state index is 5.26. The minimum absolute atomic E-state index is 0.291. The van der Waals surface area contributed by atoms with Crippen molar-refractivity contribution in [2.24, 2.45) is 0 Å². The summed E-state index contributed by atoms with van der Waals surface area (Å²) in [5.74, 6) is 2.73. The molecular formula is C22H27N5O. The number of hydrogen-bond acceptors (Lipinski definition) is 5. The fourth-order valence-corrected chi connectivity index (χ4v) is 3.84. The molecule has 0 N–H and O–H groups in total. The van der Waals surface area contributed by atoms with Crippen LogP contribution in [-0.4, -0.2) is 45.4 Å². The van der Waals surface area contributed by atoms with Gasteiger partial charge in [-0.1, -0.05) is 18.6 Å². The minimum atomic E-state index is 0.291. The smallest absolute Gasteiger partial charge is 0.155 e. The van der Waals surface area contributed by atoms with Crippen LogP contribution in [0.25, 0.3) is 5.69 Å². The molecule has 3 heterocycles. The summed E-state index contributed by atoms with van der Waals surface area (Å²) >= 11 is 0. The van der Waals surface area contributed by atoms with Crippen molar-refractivity contribution in [2.75, 3.05) is 20.7 Å². The molecule has 0 saturated carbocycles. The zero-order valence-corrected chi connectivity index (χ0v) is 16.8. The summed E-state index contributed by atoms with van der Waals surface area (Å²) < 4.78 is 7.27. The Balaban J connectivity index is 1.70. The number of ether oxygens (including phenoxy) is 1. The number of nitrogens with zero attached hydrogens (tertiary/aromatic N) is 5. The van der Waals surface area contributed by atoms with Gasteiger partial charge in [-0.15, -0.1) is 0 Å². The van der Waals surface area contributed by atoms with Gasteiger partial charge in [-0.05, 0) is 63.2 Å². The van der Waals surface area contributed by atoms with Crippen molar-refractivity contribution < 1.29 is 4.74 Å². The fourth-order valence-electron chi connectivity index (χ4n) is 3.84. The Morgan fingerprint density at radius 2 is 1.96 bits per heavy atom. The molecule has 1 aromatic carbocycles. The molecule has 1 fully saturated rings. The standard InChI is InChI=1S/C22H27N5O/c1-16-14-18(11-12-23-16)27-22(20-6-4-5-13-26(20)2)24-21(25-27)15-17-7-9-19(28-3)10-8-17/h7-12,14,20H,4-6,13,15H2,1-3H3/t20-/m1/s1. The summed E-state index contributed by atoms with van der Waals surface area (Å²) in [5.41, 5.74) is 3.18. The maximum Gasteiger partial charge on any atom is 0.155 e. The van der Waals surface area contributed by atoms with E-state index < -0.39 is 0 Å². The van der Waals surface area contributed by atoms with Crippen LogP contribution in [0.1, 0.15) is 48.2 Å². The highest BCUT2D eigenvalue weighted by Crippen LogP contribution is 2.30. The molecule has 1 saturated heterocycles. The Labute approximate surface area is 166 Å². The molecule has 2 aromatic heterocycles. The summed E-state index contributed by atoms with van der Waals surface area (Å²) in [7, 11) is 3.87. The van der Waals surface area contributed by atoms with E-state index in [1.54, 1.807) is 7.11 Å². The van der Waals surface area contributed by atoms with Gasteiger partial charge in [0.1, 0.15) is 11.6 Å². The van der Waals surface area contributed by atoms with E-state index in [2.05, 4.69) is 35.1 Å². The van der Waals surface area contributed by atoms with E-state index in [0.29, 0.717) is 12.5 Å². The van der Waals surface area contributed by atoms with Crippen molar-refractivity contribution >= 4 is 0 Å². The molecule has 1 aliphatic heterocycles. The van der Waals surface area contributed by atoms with E-state index >= 15 is 0 Å². The lowest BCUT2D eigenvalue weighted by Gasteiger charge is -2.31. The average molecular weight is 377 g/mol. The van der Waals surface area contributed by atoms with E-state index in [1.165, 1.54) is 18.4 Å². The molecule has 3 aromatic rings. The predicted octanol–water partition coefficient (Wildman–Crippen LogP) is 3.73. The van der Waals surface area contributed by atoms with Crippen LogP contribution in [0.5, 0.6) is 5.75 Å². The number of aryl methyl sites for hydroxylation is 1. The van der Waals surface area contributed by atoms with Crippen LogP contribution in [0, 0.1) is 6.92 Å². The molecule has 28 heavy (non-hydrogen) atoms. The SMILES string of the molecule is COc1ccc(Cc2nc([C@H]3CCCCN3C)n(-c3ccnc(C)c3)n2)cc1. The molecule has 146 valence electrons. The number of likely N-dealkylation sites (tertiary alicyclic amines) is 1. The number of piperidine rings is 1. The van der Waals surface area contributed by atoms with Gasteiger partial charge in [-0.25, -0.2) is 9.67 Å². The lowest BCUT2D eigenvalue weighted by atomic mass is 10.0. The minimum Gasteiger partial charge on any atom is -0.497 e. The number of pyridine rings is 1. The first-order valence-electron chi connectivity index (χ1n) is 9.86. The Kier molecular flexibility index (Phi) is 5.39. The highest BCUT2D eigenvalue weighted by atomic mass is 16.5. The predicted molar refractivity (Wildman–Crippen MR) is 109 cm³/mol. The maximum absolute atomic E-state index is 5.26. The van der Waals surface area contributed by atoms with Gasteiger partial charge in [0, 0.05) is 18.3 Å². The van der Waals surface area contributed by atoms with E-state index in [1.807, 2.05) is 36.0 Å². The van der Waals surface area contributed by atoms with Gasteiger partial charge in [-0.3, -0.25) is 9.88 Å². The van der Waals surface area contributed by atoms with Crippen molar-refractivity contribution in [2.45, 2.75) is 38.6 Å². The van der Waals surface area contributed by atoms with Gasteiger partial charge in [0.05, 0.1) is 18.8 Å². The first-order valence-corrected chi connectivity index (χ1v) is 9.86. The van der Waals surface area contributed by atoms with Gasteiger partial charge >= 0.3 is 0 Å². The van der Waals surface area contributed by atoms with Crippen LogP contribution in [-0.2, 0) is 6.42 Å². The second kappa shape index (κ2) is 8.10. The van der Waals surface area contributed by atoms with Crippen molar-refractivity contribution in [3.05, 3.63) is 65.5 Å². The van der Waals surface area contributed by atoms with Crippen LogP contribution >= 0.6 is 0 Å². The second-order valence-electron chi connectivity index (χ2n) is 7.47. The molecule has 0 amide bonds. The third-order valence-corrected chi connectivity index (χ3v) is 5.39. The first kappa shape index (κ1) is 18.6.